The van der Waals surface area contributed by atoms with Gasteiger partial charge in [0, 0.05) is 6.21 Å². The molecule has 1 aromatic heterocycles. The van der Waals surface area contributed by atoms with Gasteiger partial charge in [0.05, 0.1) is 32.1 Å². The number of aliphatic hydroxyl groups excluding tert-OH is 3. The van der Waals surface area contributed by atoms with Crippen LogP contribution in [0.15, 0.2) is 38.8 Å². The van der Waals surface area contributed by atoms with Crippen LogP contribution in [0.3, 0.4) is 0 Å². The third kappa shape index (κ3) is 4.25. The molecule has 0 aliphatic carbocycles. The number of nitrogens with one attached hydrogen (secondary N) is 1. The first-order chi connectivity index (χ1) is 12.9. The minimum Gasteiger partial charge on any atom is -0.494 e. The molecule has 0 aliphatic heterocycles. The minimum absolute atomic E-state index is 0.268. The molecular formula is C17H21N3O7. The Balaban J connectivity index is 2.55. The van der Waals surface area contributed by atoms with Gasteiger partial charge in [0.15, 0.2) is 0 Å². The van der Waals surface area contributed by atoms with Gasteiger partial charge in [0.1, 0.15) is 16.9 Å². The first-order valence-electron chi connectivity index (χ1n) is 8.10. The zero-order valence-corrected chi connectivity index (χ0v) is 14.6. The fourth-order valence-electron chi connectivity index (χ4n) is 2.23. The number of nitrogens with zero attached hydrogens (tertiary/aromatic N) is 2. The Morgan fingerprint density at radius 2 is 1.74 bits per heavy atom. The van der Waals surface area contributed by atoms with Crippen molar-refractivity contribution in [3.05, 3.63) is 50.7 Å². The van der Waals surface area contributed by atoms with Crippen molar-refractivity contribution >= 4 is 6.21 Å². The van der Waals surface area contributed by atoms with Crippen LogP contribution in [0, 0.1) is 0 Å². The van der Waals surface area contributed by atoms with Crippen molar-refractivity contribution in [1.29, 1.82) is 0 Å². The Kier molecular flexibility index (Phi) is 6.50. The smallest absolute Gasteiger partial charge is 0.335 e. The van der Waals surface area contributed by atoms with Crippen LogP contribution in [0.1, 0.15) is 12.5 Å². The molecule has 0 radical (unpaired) electrons. The molecule has 5 N–H and O–H groups in total. The number of hydrogen-bond donors (Lipinski definition) is 5. The quantitative estimate of drug-likeness (QED) is 0.359. The second kappa shape index (κ2) is 8.62. The number of aliphatic hydroxyl groups is 3. The molecule has 27 heavy (non-hydrogen) atoms. The minimum atomic E-state index is -1.63. The van der Waals surface area contributed by atoms with Gasteiger partial charge in [-0.25, -0.2) is 9.36 Å². The van der Waals surface area contributed by atoms with Gasteiger partial charge in [-0.1, -0.05) is 0 Å². The van der Waals surface area contributed by atoms with Crippen molar-refractivity contribution in [2.45, 2.75) is 12.5 Å². The van der Waals surface area contributed by atoms with Gasteiger partial charge in [-0.3, -0.25) is 14.8 Å². The van der Waals surface area contributed by atoms with E-state index in [0.29, 0.717) is 12.4 Å². The highest BCUT2D eigenvalue weighted by Crippen LogP contribution is 2.19. The molecule has 0 fully saturated rings. The molecule has 2 rings (SSSR count). The summed E-state index contributed by atoms with van der Waals surface area (Å²) in [6.07, 6.45) is 0.890. The molecule has 10 nitrogen and oxygen atoms in total. The first-order valence-corrected chi connectivity index (χ1v) is 8.10. The zero-order chi connectivity index (χ0) is 20.0. The molecule has 0 atom stereocenters. The zero-order valence-electron chi connectivity index (χ0n) is 14.6. The lowest BCUT2D eigenvalue weighted by molar-refractivity contribution is 0.0718. The number of aromatic amines is 1. The van der Waals surface area contributed by atoms with E-state index < -0.39 is 42.5 Å². The third-order valence-corrected chi connectivity index (χ3v) is 3.88. The normalized spacial score (nSPS) is 11.9. The highest BCUT2D eigenvalue weighted by Gasteiger charge is 2.27. The maximum absolute atomic E-state index is 12.1. The number of benzene rings is 1. The molecule has 0 unspecified atom stereocenters. The number of H-pyrrole nitrogens is 1. The van der Waals surface area contributed by atoms with Crippen LogP contribution in [0.2, 0.25) is 0 Å². The molecule has 146 valence electrons. The van der Waals surface area contributed by atoms with Crippen LogP contribution < -0.4 is 16.0 Å². The number of ether oxygens (including phenoxy) is 1. The van der Waals surface area contributed by atoms with Crippen molar-refractivity contribution < 1.29 is 25.2 Å². The summed E-state index contributed by atoms with van der Waals surface area (Å²) in [7, 11) is 0. The Morgan fingerprint density at radius 3 is 2.26 bits per heavy atom. The van der Waals surface area contributed by atoms with E-state index >= 15 is 0 Å². The molecule has 0 saturated heterocycles. The van der Waals surface area contributed by atoms with Gasteiger partial charge >= 0.3 is 5.69 Å². The van der Waals surface area contributed by atoms with Crippen molar-refractivity contribution in [2.75, 3.05) is 26.4 Å². The van der Waals surface area contributed by atoms with Gasteiger partial charge in [-0.15, -0.1) is 0 Å². The summed E-state index contributed by atoms with van der Waals surface area (Å²) in [5, 5.41) is 38.3. The van der Waals surface area contributed by atoms with E-state index in [1.165, 1.54) is 12.1 Å². The van der Waals surface area contributed by atoms with E-state index in [1.54, 1.807) is 12.1 Å². The van der Waals surface area contributed by atoms with Crippen LogP contribution in [0.5, 0.6) is 11.6 Å². The fourth-order valence-corrected chi connectivity index (χ4v) is 2.23. The van der Waals surface area contributed by atoms with Crippen LogP contribution in [0.25, 0.3) is 5.69 Å². The van der Waals surface area contributed by atoms with Gasteiger partial charge in [-0.2, -0.15) is 0 Å². The molecule has 10 heteroatoms. The molecule has 1 aromatic carbocycles. The predicted molar refractivity (Wildman–Crippen MR) is 97.1 cm³/mol. The molecule has 1 heterocycles. The summed E-state index contributed by atoms with van der Waals surface area (Å²) in [5.41, 5.74) is -3.51. The lowest BCUT2D eigenvalue weighted by Gasteiger charge is -2.22. The molecule has 0 bridgehead atoms. The van der Waals surface area contributed by atoms with E-state index in [-0.39, 0.29) is 11.3 Å². The van der Waals surface area contributed by atoms with E-state index in [1.807, 2.05) is 6.92 Å². The molecule has 0 spiro atoms. The SMILES string of the molecule is CCOc1ccc(-n2c(O)c(C=NC(CO)(CO)CO)c(=O)[nH]c2=O)cc1. The standard InChI is InChI=1S/C17H21N3O7/c1-2-27-12-5-3-11(4-6-12)20-15(25)13(14(24)19-16(20)26)7-18-17(8-21,9-22)10-23/h3-7,21-23,25H,2,8-10H2,1H3,(H,19,24,26). The second-order valence-corrected chi connectivity index (χ2v) is 5.72. The summed E-state index contributed by atoms with van der Waals surface area (Å²) in [4.78, 5) is 30.1. The van der Waals surface area contributed by atoms with Gasteiger partial charge in [0.25, 0.3) is 5.56 Å². The largest absolute Gasteiger partial charge is 0.494 e. The van der Waals surface area contributed by atoms with Crippen LogP contribution in [0.4, 0.5) is 0 Å². The van der Waals surface area contributed by atoms with E-state index in [4.69, 9.17) is 4.74 Å². The molecular weight excluding hydrogens is 358 g/mol. The maximum Gasteiger partial charge on any atom is 0.335 e. The lowest BCUT2D eigenvalue weighted by Crippen LogP contribution is -2.40. The summed E-state index contributed by atoms with van der Waals surface area (Å²) >= 11 is 0. The van der Waals surface area contributed by atoms with Gasteiger partial charge in [0.2, 0.25) is 5.88 Å². The van der Waals surface area contributed by atoms with Crippen LogP contribution in [-0.2, 0) is 0 Å². The molecule has 0 aliphatic rings. The molecule has 2 aromatic rings. The second-order valence-electron chi connectivity index (χ2n) is 5.72. The maximum atomic E-state index is 12.1. The number of aliphatic imine (C=N–C) groups is 1. The predicted octanol–water partition coefficient (Wildman–Crippen LogP) is -1.24. The Labute approximate surface area is 153 Å². The van der Waals surface area contributed by atoms with Gasteiger partial charge in [-0.05, 0) is 31.2 Å². The fraction of sp³-hybridized carbons (Fsp3) is 0.353. The Hall–Kier alpha value is -2.95. The highest BCUT2D eigenvalue weighted by molar-refractivity contribution is 5.82. The topological polar surface area (TPSA) is 157 Å². The number of aromatic nitrogens is 2. The van der Waals surface area contributed by atoms with Crippen molar-refractivity contribution in [3.8, 4) is 17.3 Å². The number of rotatable bonds is 8. The average Bonchev–Trinajstić information content (AvgIpc) is 2.66. The van der Waals surface area contributed by atoms with E-state index in [0.717, 1.165) is 10.8 Å². The highest BCUT2D eigenvalue weighted by atomic mass is 16.5. The average molecular weight is 379 g/mol. The lowest BCUT2D eigenvalue weighted by atomic mass is 10.1. The van der Waals surface area contributed by atoms with Crippen LogP contribution in [-0.4, -0.2) is 68.2 Å². The first kappa shape index (κ1) is 20.4. The van der Waals surface area contributed by atoms with Crippen molar-refractivity contribution in [2.24, 2.45) is 4.99 Å². The molecule has 0 amide bonds. The number of hydrogen-bond acceptors (Lipinski definition) is 8. The summed E-state index contributed by atoms with van der Waals surface area (Å²) in [6.45, 7) is 0.226. The van der Waals surface area contributed by atoms with E-state index in [9.17, 15) is 30.0 Å². The summed E-state index contributed by atoms with van der Waals surface area (Å²) in [6, 6.07) is 6.23. The monoisotopic (exact) mass is 379 g/mol. The Morgan fingerprint density at radius 1 is 1.15 bits per heavy atom. The third-order valence-electron chi connectivity index (χ3n) is 3.88. The Bertz CT molecular complexity index is 903. The van der Waals surface area contributed by atoms with Crippen molar-refractivity contribution in [1.82, 2.24) is 9.55 Å². The molecule has 0 saturated carbocycles. The summed E-state index contributed by atoms with van der Waals surface area (Å²) in [5.74, 6) is -0.113. The van der Waals surface area contributed by atoms with Gasteiger partial charge < -0.3 is 25.2 Å². The van der Waals surface area contributed by atoms with Crippen molar-refractivity contribution in [3.63, 3.8) is 0 Å². The van der Waals surface area contributed by atoms with E-state index in [2.05, 4.69) is 9.98 Å². The summed E-state index contributed by atoms with van der Waals surface area (Å²) < 4.78 is 6.17. The van der Waals surface area contributed by atoms with Crippen LogP contribution >= 0.6 is 0 Å². The number of aromatic hydroxyl groups is 1.